The highest BCUT2D eigenvalue weighted by Crippen LogP contribution is 2.26. The smallest absolute Gasteiger partial charge is 0.275 e. The van der Waals surface area contributed by atoms with Crippen LogP contribution in [0.25, 0.3) is 0 Å². The summed E-state index contributed by atoms with van der Waals surface area (Å²) < 4.78 is 10.4. The molecular weight excluding hydrogens is 402 g/mol. The molecule has 3 aromatic rings. The van der Waals surface area contributed by atoms with Crippen molar-refractivity contribution in [1.29, 1.82) is 0 Å². The number of hydrogen-bond donors (Lipinski definition) is 2. The number of nitrogens with one attached hydrogen (secondary N) is 2. The van der Waals surface area contributed by atoms with Gasteiger partial charge < -0.3 is 14.8 Å². The first kappa shape index (κ1) is 19.7. The predicted octanol–water partition coefficient (Wildman–Crippen LogP) is 4.32. The van der Waals surface area contributed by atoms with Gasteiger partial charge in [-0.2, -0.15) is 0 Å². The van der Waals surface area contributed by atoms with Gasteiger partial charge in [0.15, 0.2) is 5.13 Å². The van der Waals surface area contributed by atoms with Gasteiger partial charge in [-0.05, 0) is 36.4 Å². The Morgan fingerprint density at radius 1 is 1.00 bits per heavy atom. The van der Waals surface area contributed by atoms with Crippen LogP contribution >= 0.6 is 22.9 Å². The number of thiazole rings is 1. The summed E-state index contributed by atoms with van der Waals surface area (Å²) in [7, 11) is 2.99. The highest BCUT2D eigenvalue weighted by atomic mass is 35.5. The van der Waals surface area contributed by atoms with E-state index in [1.165, 1.54) is 14.2 Å². The van der Waals surface area contributed by atoms with Crippen molar-refractivity contribution >= 4 is 45.6 Å². The third-order valence-corrected chi connectivity index (χ3v) is 4.72. The SMILES string of the molecule is COc1ccc(C(=O)Nc2nc(C(=O)Nc3ccc(Cl)cc3)cs2)c(OC)c1. The van der Waals surface area contributed by atoms with Crippen molar-refractivity contribution < 1.29 is 19.1 Å². The van der Waals surface area contributed by atoms with Gasteiger partial charge in [0.2, 0.25) is 0 Å². The maximum absolute atomic E-state index is 12.5. The Morgan fingerprint density at radius 2 is 1.75 bits per heavy atom. The number of amides is 2. The van der Waals surface area contributed by atoms with Crippen molar-refractivity contribution in [3.8, 4) is 11.5 Å². The molecule has 0 aliphatic heterocycles. The zero-order chi connectivity index (χ0) is 20.1. The van der Waals surface area contributed by atoms with Crippen LogP contribution in [-0.2, 0) is 0 Å². The standard InChI is InChI=1S/C19H16ClN3O4S/c1-26-13-7-8-14(16(9-13)27-2)17(24)23-19-22-15(10-28-19)18(25)21-12-5-3-11(20)4-6-12/h3-10H,1-2H3,(H,21,25)(H,22,23,24). The van der Waals surface area contributed by atoms with E-state index >= 15 is 0 Å². The molecule has 9 heteroatoms. The Labute approximate surface area is 170 Å². The van der Waals surface area contributed by atoms with Crippen LogP contribution in [0.4, 0.5) is 10.8 Å². The first-order valence-corrected chi connectivity index (χ1v) is 9.31. The van der Waals surface area contributed by atoms with E-state index in [4.69, 9.17) is 21.1 Å². The molecule has 0 unspecified atom stereocenters. The zero-order valence-corrected chi connectivity index (χ0v) is 16.6. The second kappa shape index (κ2) is 8.73. The molecule has 0 saturated carbocycles. The predicted molar refractivity (Wildman–Crippen MR) is 109 cm³/mol. The quantitative estimate of drug-likeness (QED) is 0.623. The van der Waals surface area contributed by atoms with Crippen molar-refractivity contribution in [3.63, 3.8) is 0 Å². The van der Waals surface area contributed by atoms with E-state index in [0.717, 1.165) is 11.3 Å². The molecule has 0 spiro atoms. The van der Waals surface area contributed by atoms with Crippen LogP contribution in [0.15, 0.2) is 47.8 Å². The lowest BCUT2D eigenvalue weighted by Crippen LogP contribution is -2.15. The first-order valence-electron chi connectivity index (χ1n) is 8.06. The number of carbonyl (C=O) groups excluding carboxylic acids is 2. The Morgan fingerprint density at radius 3 is 2.43 bits per heavy atom. The normalized spacial score (nSPS) is 10.2. The summed E-state index contributed by atoms with van der Waals surface area (Å²) >= 11 is 6.97. The molecule has 3 rings (SSSR count). The Balaban J connectivity index is 1.69. The molecule has 2 N–H and O–H groups in total. The second-order valence-corrected chi connectivity index (χ2v) is 6.81. The largest absolute Gasteiger partial charge is 0.497 e. The van der Waals surface area contributed by atoms with E-state index in [1.807, 2.05) is 0 Å². The lowest BCUT2D eigenvalue weighted by molar-refractivity contribution is 0.101. The average molecular weight is 418 g/mol. The molecule has 0 aliphatic rings. The molecule has 2 amide bonds. The summed E-state index contributed by atoms with van der Waals surface area (Å²) in [6.07, 6.45) is 0. The number of aromatic nitrogens is 1. The number of hydrogen-bond acceptors (Lipinski definition) is 6. The first-order chi connectivity index (χ1) is 13.5. The number of methoxy groups -OCH3 is 2. The van der Waals surface area contributed by atoms with Crippen molar-refractivity contribution in [2.24, 2.45) is 0 Å². The maximum Gasteiger partial charge on any atom is 0.275 e. The van der Waals surface area contributed by atoms with E-state index in [-0.39, 0.29) is 11.6 Å². The summed E-state index contributed by atoms with van der Waals surface area (Å²) in [5.41, 5.74) is 1.11. The fraction of sp³-hybridized carbons (Fsp3) is 0.105. The van der Waals surface area contributed by atoms with Crippen LogP contribution in [0.5, 0.6) is 11.5 Å². The fourth-order valence-electron chi connectivity index (χ4n) is 2.31. The molecule has 144 valence electrons. The molecular formula is C19H16ClN3O4S. The number of halogens is 1. The Kier molecular flexibility index (Phi) is 6.13. The maximum atomic E-state index is 12.5. The number of carbonyl (C=O) groups is 2. The minimum Gasteiger partial charge on any atom is -0.497 e. The highest BCUT2D eigenvalue weighted by molar-refractivity contribution is 7.14. The summed E-state index contributed by atoms with van der Waals surface area (Å²) in [6.45, 7) is 0. The molecule has 28 heavy (non-hydrogen) atoms. The van der Waals surface area contributed by atoms with Gasteiger partial charge in [0, 0.05) is 22.2 Å². The fourth-order valence-corrected chi connectivity index (χ4v) is 3.13. The number of anilines is 2. The van der Waals surface area contributed by atoms with Crippen LogP contribution in [0.2, 0.25) is 5.02 Å². The number of ether oxygens (including phenoxy) is 2. The molecule has 0 aliphatic carbocycles. The van der Waals surface area contributed by atoms with Gasteiger partial charge in [-0.15, -0.1) is 11.3 Å². The molecule has 0 radical (unpaired) electrons. The molecule has 2 aromatic carbocycles. The summed E-state index contributed by atoms with van der Waals surface area (Å²) in [5.74, 6) is 0.150. The van der Waals surface area contributed by atoms with Crippen LogP contribution < -0.4 is 20.1 Å². The van der Waals surface area contributed by atoms with Crippen molar-refractivity contribution in [2.75, 3.05) is 24.9 Å². The zero-order valence-electron chi connectivity index (χ0n) is 15.0. The molecule has 1 aromatic heterocycles. The van der Waals surface area contributed by atoms with E-state index in [1.54, 1.807) is 47.8 Å². The summed E-state index contributed by atoms with van der Waals surface area (Å²) in [6, 6.07) is 11.6. The minimum absolute atomic E-state index is 0.192. The minimum atomic E-state index is -0.404. The van der Waals surface area contributed by atoms with E-state index in [0.29, 0.717) is 32.9 Å². The van der Waals surface area contributed by atoms with Gasteiger partial charge >= 0.3 is 0 Å². The number of benzene rings is 2. The van der Waals surface area contributed by atoms with E-state index < -0.39 is 5.91 Å². The van der Waals surface area contributed by atoms with Crippen LogP contribution in [0, 0.1) is 0 Å². The molecule has 0 bridgehead atoms. The molecule has 0 saturated heterocycles. The van der Waals surface area contributed by atoms with Gasteiger partial charge in [-0.1, -0.05) is 11.6 Å². The summed E-state index contributed by atoms with van der Waals surface area (Å²) in [4.78, 5) is 29.0. The number of nitrogens with zero attached hydrogens (tertiary/aromatic N) is 1. The molecule has 0 atom stereocenters. The Bertz CT molecular complexity index is 1000. The van der Waals surface area contributed by atoms with E-state index in [9.17, 15) is 9.59 Å². The number of rotatable bonds is 6. The van der Waals surface area contributed by atoms with Gasteiger partial charge in [0.05, 0.1) is 19.8 Å². The monoisotopic (exact) mass is 417 g/mol. The van der Waals surface area contributed by atoms with Gasteiger partial charge in [0.1, 0.15) is 17.2 Å². The van der Waals surface area contributed by atoms with E-state index in [2.05, 4.69) is 15.6 Å². The van der Waals surface area contributed by atoms with Crippen molar-refractivity contribution in [3.05, 3.63) is 64.1 Å². The van der Waals surface area contributed by atoms with Crippen molar-refractivity contribution in [1.82, 2.24) is 4.98 Å². The van der Waals surface area contributed by atoms with Crippen molar-refractivity contribution in [2.45, 2.75) is 0 Å². The van der Waals surface area contributed by atoms with Crippen LogP contribution in [0.1, 0.15) is 20.8 Å². The lowest BCUT2D eigenvalue weighted by atomic mass is 10.2. The van der Waals surface area contributed by atoms with Crippen LogP contribution in [-0.4, -0.2) is 31.0 Å². The lowest BCUT2D eigenvalue weighted by Gasteiger charge is -2.09. The van der Waals surface area contributed by atoms with Gasteiger partial charge in [-0.3, -0.25) is 14.9 Å². The van der Waals surface area contributed by atoms with Gasteiger partial charge in [0.25, 0.3) is 11.8 Å². The highest BCUT2D eigenvalue weighted by Gasteiger charge is 2.17. The Hall–Kier alpha value is -3.10. The molecule has 7 nitrogen and oxygen atoms in total. The third kappa shape index (κ3) is 4.59. The topological polar surface area (TPSA) is 89.5 Å². The van der Waals surface area contributed by atoms with Gasteiger partial charge in [-0.25, -0.2) is 4.98 Å². The molecule has 0 fully saturated rings. The van der Waals surface area contributed by atoms with Crippen LogP contribution in [0.3, 0.4) is 0 Å². The second-order valence-electron chi connectivity index (χ2n) is 5.52. The third-order valence-electron chi connectivity index (χ3n) is 3.71. The summed E-state index contributed by atoms with van der Waals surface area (Å²) in [5, 5.41) is 7.81. The average Bonchev–Trinajstić information content (AvgIpc) is 3.17. The molecule has 1 heterocycles.